The van der Waals surface area contributed by atoms with Gasteiger partial charge in [0.15, 0.2) is 11.5 Å². The van der Waals surface area contributed by atoms with Crippen molar-refractivity contribution in [2.75, 3.05) is 19.0 Å². The molecule has 0 aliphatic heterocycles. The van der Waals surface area contributed by atoms with E-state index in [1.165, 1.54) is 24.5 Å². The molecule has 0 saturated carbocycles. The van der Waals surface area contributed by atoms with Crippen LogP contribution in [0.1, 0.15) is 34.4 Å². The van der Waals surface area contributed by atoms with Crippen molar-refractivity contribution in [3.05, 3.63) is 42.8 Å². The van der Waals surface area contributed by atoms with Gasteiger partial charge in [0.2, 0.25) is 0 Å². The van der Waals surface area contributed by atoms with Gasteiger partial charge in [-0.1, -0.05) is 5.92 Å². The first-order valence-corrected chi connectivity index (χ1v) is 11.3. The van der Waals surface area contributed by atoms with Gasteiger partial charge in [-0.05, 0) is 77.6 Å². The predicted molar refractivity (Wildman–Crippen MR) is 128 cm³/mol. The summed E-state index contributed by atoms with van der Waals surface area (Å²) in [6, 6.07) is 7.59. The zero-order chi connectivity index (χ0) is 22.4. The van der Waals surface area contributed by atoms with E-state index in [1.807, 2.05) is 6.07 Å². The summed E-state index contributed by atoms with van der Waals surface area (Å²) in [5.74, 6) is 2.80. The Labute approximate surface area is 198 Å². The van der Waals surface area contributed by atoms with E-state index < -0.39 is 5.91 Å². The molecule has 0 unspecified atom stereocenters. The number of anilines is 1. The van der Waals surface area contributed by atoms with Crippen LogP contribution in [-0.4, -0.2) is 19.6 Å². The van der Waals surface area contributed by atoms with Crippen LogP contribution in [0.15, 0.2) is 17.7 Å². The summed E-state index contributed by atoms with van der Waals surface area (Å²) in [5, 5.41) is 22.4. The zero-order valence-electron chi connectivity index (χ0n) is 16.8. The summed E-state index contributed by atoms with van der Waals surface area (Å²) in [7, 11) is 1.50. The lowest BCUT2D eigenvalue weighted by Crippen LogP contribution is -2.13. The number of hydrogen-bond acceptors (Lipinski definition) is 6. The number of hydrogen-bond donors (Lipinski definition) is 1. The van der Waals surface area contributed by atoms with Crippen molar-refractivity contribution in [1.82, 2.24) is 0 Å². The Morgan fingerprint density at radius 2 is 2.13 bits per heavy atom. The predicted octanol–water partition coefficient (Wildman–Crippen LogP) is 4.67. The molecule has 3 rings (SSSR count). The van der Waals surface area contributed by atoms with Crippen LogP contribution in [0.25, 0.3) is 6.08 Å². The number of aryl methyl sites for hydroxylation is 1. The number of amides is 1. The Balaban J connectivity index is 1.89. The number of halogens is 1. The van der Waals surface area contributed by atoms with E-state index in [-0.39, 0.29) is 12.2 Å². The average molecular weight is 543 g/mol. The van der Waals surface area contributed by atoms with Crippen LogP contribution in [0.5, 0.6) is 11.5 Å². The Bertz CT molecular complexity index is 1180. The zero-order valence-corrected chi connectivity index (χ0v) is 19.7. The molecular weight excluding hydrogens is 525 g/mol. The van der Waals surface area contributed by atoms with Crippen LogP contribution >= 0.6 is 33.9 Å². The smallest absolute Gasteiger partial charge is 0.266 e. The first-order valence-electron chi connectivity index (χ1n) is 9.44. The topological polar surface area (TPSA) is 95.1 Å². The molecule has 1 heterocycles. The highest BCUT2D eigenvalue weighted by Gasteiger charge is 2.23. The Morgan fingerprint density at radius 1 is 1.35 bits per heavy atom. The number of terminal acetylenes is 1. The molecule has 1 amide bonds. The van der Waals surface area contributed by atoms with E-state index in [1.54, 1.807) is 12.1 Å². The molecule has 156 valence electrons. The monoisotopic (exact) mass is 543 g/mol. The van der Waals surface area contributed by atoms with Gasteiger partial charge in [0.1, 0.15) is 29.3 Å². The summed E-state index contributed by atoms with van der Waals surface area (Å²) >= 11 is 3.50. The molecule has 1 N–H and O–H groups in total. The van der Waals surface area contributed by atoms with Crippen LogP contribution < -0.4 is 14.8 Å². The Morgan fingerprint density at radius 3 is 2.81 bits per heavy atom. The first-order chi connectivity index (χ1) is 15.0. The number of nitrogens with one attached hydrogen (secondary N) is 1. The highest BCUT2D eigenvalue weighted by atomic mass is 127. The molecule has 0 radical (unpaired) electrons. The number of fused-ring (bicyclic) bond motifs is 1. The van der Waals surface area contributed by atoms with Crippen molar-refractivity contribution in [2.24, 2.45) is 0 Å². The first kappa shape index (κ1) is 22.7. The lowest BCUT2D eigenvalue weighted by molar-refractivity contribution is -0.112. The second-order valence-corrected chi connectivity index (χ2v) is 8.95. The third-order valence-corrected chi connectivity index (χ3v) is 6.75. The minimum atomic E-state index is -0.556. The molecule has 1 aromatic heterocycles. The van der Waals surface area contributed by atoms with Gasteiger partial charge in [-0.2, -0.15) is 10.5 Å². The molecule has 0 saturated heterocycles. The van der Waals surface area contributed by atoms with Crippen molar-refractivity contribution >= 4 is 50.9 Å². The lowest BCUT2D eigenvalue weighted by atomic mass is 9.96. The third kappa shape index (κ3) is 5.02. The molecule has 1 aliphatic rings. The van der Waals surface area contributed by atoms with E-state index in [0.29, 0.717) is 27.6 Å². The van der Waals surface area contributed by atoms with Crippen molar-refractivity contribution in [2.45, 2.75) is 25.7 Å². The van der Waals surface area contributed by atoms with Crippen molar-refractivity contribution < 1.29 is 14.3 Å². The molecule has 1 aliphatic carbocycles. The second-order valence-electron chi connectivity index (χ2n) is 6.68. The third-order valence-electron chi connectivity index (χ3n) is 4.74. The van der Waals surface area contributed by atoms with E-state index in [9.17, 15) is 15.3 Å². The van der Waals surface area contributed by atoms with Gasteiger partial charge in [-0.3, -0.25) is 4.79 Å². The van der Waals surface area contributed by atoms with Gasteiger partial charge >= 0.3 is 0 Å². The standard InChI is InChI=1S/C23H18IN3O3S/c1-3-8-30-21-18(24)10-14(11-19(21)29-2)9-15(12-25)22(28)27-23-17(13-26)16-6-4-5-7-20(16)31-23/h1,9-11H,4-8H2,2H3,(H,27,28)/b15-9+. The van der Waals surface area contributed by atoms with Gasteiger partial charge in [0.25, 0.3) is 5.91 Å². The number of methoxy groups -OCH3 is 1. The number of benzene rings is 1. The van der Waals surface area contributed by atoms with Gasteiger partial charge in [0.05, 0.1) is 16.2 Å². The van der Waals surface area contributed by atoms with Crippen LogP contribution in [0.4, 0.5) is 5.00 Å². The molecule has 1 aromatic carbocycles. The number of ether oxygens (including phenoxy) is 2. The molecule has 0 atom stereocenters. The number of thiophene rings is 1. The summed E-state index contributed by atoms with van der Waals surface area (Å²) in [4.78, 5) is 13.9. The van der Waals surface area contributed by atoms with Crippen molar-refractivity contribution in [1.29, 1.82) is 10.5 Å². The molecule has 0 fully saturated rings. The summed E-state index contributed by atoms with van der Waals surface area (Å²) in [5.41, 5.74) is 2.06. The fourth-order valence-electron chi connectivity index (χ4n) is 3.33. The SMILES string of the molecule is C#CCOc1c(I)cc(/C=C(\C#N)C(=O)Nc2sc3c(c2C#N)CCCC3)cc1OC. The number of nitrogens with zero attached hydrogens (tertiary/aromatic N) is 2. The lowest BCUT2D eigenvalue weighted by Gasteiger charge is -2.12. The number of nitriles is 2. The normalized spacial score (nSPS) is 12.7. The summed E-state index contributed by atoms with van der Waals surface area (Å²) in [6.07, 6.45) is 10.6. The molecule has 0 bridgehead atoms. The largest absolute Gasteiger partial charge is 0.493 e. The van der Waals surface area contributed by atoms with Crippen molar-refractivity contribution in [3.63, 3.8) is 0 Å². The van der Waals surface area contributed by atoms with Crippen LogP contribution in [0.2, 0.25) is 0 Å². The highest BCUT2D eigenvalue weighted by Crippen LogP contribution is 2.38. The Kier molecular flexibility index (Phi) is 7.57. The van der Waals surface area contributed by atoms with Crippen LogP contribution in [-0.2, 0) is 17.6 Å². The van der Waals surface area contributed by atoms with E-state index in [4.69, 9.17) is 15.9 Å². The second kappa shape index (κ2) is 10.3. The van der Waals surface area contributed by atoms with Crippen LogP contribution in [0.3, 0.4) is 0 Å². The fraction of sp³-hybridized carbons (Fsp3) is 0.261. The van der Waals surface area contributed by atoms with E-state index in [0.717, 1.165) is 39.7 Å². The fourth-order valence-corrected chi connectivity index (χ4v) is 5.35. The minimum absolute atomic E-state index is 0.0783. The molecule has 2 aromatic rings. The molecule has 8 heteroatoms. The van der Waals surface area contributed by atoms with Crippen molar-refractivity contribution in [3.8, 4) is 36.0 Å². The van der Waals surface area contributed by atoms with Gasteiger partial charge < -0.3 is 14.8 Å². The number of rotatable bonds is 6. The van der Waals surface area contributed by atoms with Gasteiger partial charge in [-0.25, -0.2) is 0 Å². The minimum Gasteiger partial charge on any atom is -0.493 e. The number of carbonyl (C=O) groups is 1. The van der Waals surface area contributed by atoms with Crippen LogP contribution in [0, 0.1) is 38.6 Å². The Hall–Kier alpha value is -3.00. The highest BCUT2D eigenvalue weighted by molar-refractivity contribution is 14.1. The molecular formula is C23H18IN3O3S. The maximum absolute atomic E-state index is 12.8. The maximum Gasteiger partial charge on any atom is 0.266 e. The quantitative estimate of drug-likeness (QED) is 0.247. The van der Waals surface area contributed by atoms with Gasteiger partial charge in [-0.15, -0.1) is 17.8 Å². The van der Waals surface area contributed by atoms with Gasteiger partial charge in [0, 0.05) is 4.88 Å². The summed E-state index contributed by atoms with van der Waals surface area (Å²) in [6.45, 7) is 0.0966. The average Bonchev–Trinajstić information content (AvgIpc) is 3.13. The maximum atomic E-state index is 12.8. The summed E-state index contributed by atoms with van der Waals surface area (Å²) < 4.78 is 11.6. The molecule has 31 heavy (non-hydrogen) atoms. The molecule has 0 spiro atoms. The molecule has 6 nitrogen and oxygen atoms in total. The van der Waals surface area contributed by atoms with E-state index in [2.05, 4.69) is 39.9 Å². The number of carbonyl (C=O) groups excluding carboxylic acids is 1. The van der Waals surface area contributed by atoms with E-state index >= 15 is 0 Å².